The van der Waals surface area contributed by atoms with Crippen molar-refractivity contribution < 1.29 is 19.1 Å². The summed E-state index contributed by atoms with van der Waals surface area (Å²) in [5.74, 6) is 3.15. The Bertz CT molecular complexity index is 1440. The summed E-state index contributed by atoms with van der Waals surface area (Å²) in [7, 11) is 6.57. The van der Waals surface area contributed by atoms with Crippen LogP contribution in [-0.2, 0) is 9.47 Å². The summed E-state index contributed by atoms with van der Waals surface area (Å²) >= 11 is 0. The zero-order valence-corrected chi connectivity index (χ0v) is 36.6. The maximum atomic E-state index is 12.0. The maximum Gasteiger partial charge on any atom is 0.410 e. The fourth-order valence-electron chi connectivity index (χ4n) is 10.4. The lowest BCUT2D eigenvalue weighted by molar-refractivity contribution is 0.0212. The van der Waals surface area contributed by atoms with Crippen LogP contribution in [-0.4, -0.2) is 172 Å². The van der Waals surface area contributed by atoms with E-state index in [-0.39, 0.29) is 23.4 Å². The molecule has 0 aromatic heterocycles. The van der Waals surface area contributed by atoms with E-state index in [9.17, 15) is 9.59 Å². The van der Waals surface area contributed by atoms with Gasteiger partial charge in [-0.2, -0.15) is 0 Å². The Morgan fingerprint density at radius 3 is 1.73 bits per heavy atom. The molecule has 56 heavy (non-hydrogen) atoms. The number of hydrogen-bond acceptors (Lipinski definition) is 10. The molecule has 0 bridgehead atoms. The number of ether oxygens (including phenoxy) is 2. The van der Waals surface area contributed by atoms with E-state index in [1.165, 1.54) is 63.4 Å². The second-order valence-corrected chi connectivity index (χ2v) is 20.2. The van der Waals surface area contributed by atoms with Crippen LogP contribution in [0.15, 0.2) is 24.3 Å². The van der Waals surface area contributed by atoms with Gasteiger partial charge in [-0.1, -0.05) is 17.7 Å². The molecule has 12 nitrogen and oxygen atoms in total. The summed E-state index contributed by atoms with van der Waals surface area (Å²) in [5.41, 5.74) is 1.98. The van der Waals surface area contributed by atoms with Crippen molar-refractivity contribution in [2.45, 2.75) is 110 Å². The van der Waals surface area contributed by atoms with Gasteiger partial charge in [0.15, 0.2) is 0 Å². The molecule has 1 aromatic rings. The van der Waals surface area contributed by atoms with Crippen LogP contribution in [0.1, 0.15) is 72.8 Å². The largest absolute Gasteiger partial charge is 0.444 e. The van der Waals surface area contributed by atoms with E-state index >= 15 is 0 Å². The minimum Gasteiger partial charge on any atom is -0.444 e. The van der Waals surface area contributed by atoms with Gasteiger partial charge in [-0.05, 0) is 138 Å². The third-order valence-corrected chi connectivity index (χ3v) is 13.1. The van der Waals surface area contributed by atoms with Gasteiger partial charge in [0.2, 0.25) is 0 Å². The van der Waals surface area contributed by atoms with Gasteiger partial charge in [0.1, 0.15) is 11.2 Å². The molecular formula is C44H76N8O4. The van der Waals surface area contributed by atoms with E-state index in [1.807, 2.05) is 51.3 Å². The molecule has 0 saturated carbocycles. The molecule has 0 unspecified atom stereocenters. The monoisotopic (exact) mass is 781 g/mol. The summed E-state index contributed by atoms with van der Waals surface area (Å²) in [6, 6.07) is 11.3. The number of nitrogens with zero attached hydrogens (tertiary/aromatic N) is 6. The minimum atomic E-state index is -0.389. The third kappa shape index (κ3) is 11.1. The first-order valence-corrected chi connectivity index (χ1v) is 21.8. The van der Waals surface area contributed by atoms with Crippen molar-refractivity contribution in [3.05, 3.63) is 29.8 Å². The van der Waals surface area contributed by atoms with Crippen LogP contribution >= 0.6 is 0 Å². The topological polar surface area (TPSA) is 96.1 Å². The van der Waals surface area contributed by atoms with E-state index in [4.69, 9.17) is 9.47 Å². The first-order valence-electron chi connectivity index (χ1n) is 21.8. The second kappa shape index (κ2) is 18.1. The molecule has 8 saturated heterocycles. The number of fused-ring (bicyclic) bond motifs is 4. The maximum absolute atomic E-state index is 12.0. The number of aryl methyl sites for hydroxylation is 1. The molecule has 2 N–H and O–H groups in total. The lowest BCUT2D eigenvalue weighted by Crippen LogP contribution is -2.42. The lowest BCUT2D eigenvalue weighted by atomic mass is 10.0. The number of anilines is 1. The van der Waals surface area contributed by atoms with E-state index in [0.717, 1.165) is 76.0 Å². The van der Waals surface area contributed by atoms with Crippen LogP contribution < -0.4 is 15.5 Å². The Morgan fingerprint density at radius 2 is 1.12 bits per heavy atom. The Labute approximate surface area is 338 Å². The summed E-state index contributed by atoms with van der Waals surface area (Å²) in [6.45, 7) is 27.0. The number of benzene rings is 1. The van der Waals surface area contributed by atoms with Gasteiger partial charge in [-0.15, -0.1) is 0 Å². The molecule has 316 valence electrons. The molecule has 9 rings (SSSR count). The highest BCUT2D eigenvalue weighted by Crippen LogP contribution is 2.35. The van der Waals surface area contributed by atoms with Crippen LogP contribution in [0.4, 0.5) is 15.3 Å². The van der Waals surface area contributed by atoms with E-state index < -0.39 is 0 Å². The molecular weight excluding hydrogens is 705 g/mol. The zero-order valence-electron chi connectivity index (χ0n) is 36.6. The predicted molar refractivity (Wildman–Crippen MR) is 225 cm³/mol. The minimum absolute atomic E-state index is 0.143. The van der Waals surface area contributed by atoms with Crippen LogP contribution in [0.5, 0.6) is 0 Å². The fraction of sp³-hybridized carbons (Fsp3) is 0.818. The molecule has 12 heteroatoms. The first kappa shape index (κ1) is 43.0. The smallest absolute Gasteiger partial charge is 0.410 e. The number of likely N-dealkylation sites (tertiary alicyclic amines) is 5. The number of rotatable bonds is 1. The standard InChI is InChI=1S/C14H20N2.C12H22N2O2.C11H20N2O2.C7H14N2/c1-11-3-5-13(6-4-11)16-8-7-12-9-15(2)10-14(12)16;1-12(2,3)16-11(15)14-6-5-9-7-13(4)8-10(9)14;1-11(2,3)15-10(14)13-5-4-8-6-12-7-9(8)13;1-9-4-6-2-3-8-7(6)5-9/h3-6,12,14H,7-10H2,1-2H3;9-10H,5-8H2,1-4H3;8-9,12H,4-7H2,1-3H3;6-8H,2-5H2,1H3/t12-,14+;9-,10+;8-,9+;6-,7+/m1111/s1. The van der Waals surface area contributed by atoms with Crippen molar-refractivity contribution in [2.24, 2.45) is 23.7 Å². The molecule has 8 aliphatic rings. The lowest BCUT2D eigenvalue weighted by Gasteiger charge is -2.28. The molecule has 2 amide bonds. The van der Waals surface area contributed by atoms with Gasteiger partial charge in [0.25, 0.3) is 0 Å². The van der Waals surface area contributed by atoms with Crippen molar-refractivity contribution in [2.75, 3.05) is 105 Å². The van der Waals surface area contributed by atoms with Crippen molar-refractivity contribution in [1.82, 2.24) is 35.1 Å². The Hall–Kier alpha value is -2.64. The Morgan fingerprint density at radius 1 is 0.607 bits per heavy atom. The number of amides is 2. The van der Waals surface area contributed by atoms with E-state index in [2.05, 4.69) is 82.6 Å². The number of carbonyl (C=O) groups excluding carboxylic acids is 2. The Kier molecular flexibility index (Phi) is 13.9. The van der Waals surface area contributed by atoms with Crippen LogP contribution in [0, 0.1) is 30.6 Å². The van der Waals surface area contributed by atoms with Gasteiger partial charge in [0, 0.05) is 89.8 Å². The summed E-state index contributed by atoms with van der Waals surface area (Å²) in [6.07, 6.45) is 4.69. The first-order chi connectivity index (χ1) is 26.4. The SMILES string of the molecule is CC(C)(C)OC(=O)N1CC[C@@H]2CNC[C@@H]21.CN1C[C@H]2CCN(C(=O)OC(C)(C)C)[C@H]2C1.CN1C[C@H]2CCN[C@H]2C1.Cc1ccc(N2CC[C@@H]3CN(C)C[C@@H]32)cc1. The highest BCUT2D eigenvalue weighted by Gasteiger charge is 2.44. The van der Waals surface area contributed by atoms with Gasteiger partial charge in [-0.3, -0.25) is 0 Å². The van der Waals surface area contributed by atoms with Gasteiger partial charge in [-0.25, -0.2) is 9.59 Å². The van der Waals surface area contributed by atoms with Gasteiger partial charge < -0.3 is 49.5 Å². The van der Waals surface area contributed by atoms with Crippen molar-refractivity contribution >= 4 is 17.9 Å². The average molecular weight is 781 g/mol. The molecule has 1 aromatic carbocycles. The van der Waals surface area contributed by atoms with Gasteiger partial charge in [0.05, 0.1) is 12.1 Å². The Balaban J connectivity index is 0.000000129. The van der Waals surface area contributed by atoms with E-state index in [1.54, 1.807) is 0 Å². The molecule has 8 heterocycles. The summed E-state index contributed by atoms with van der Waals surface area (Å²) in [5, 5.41) is 6.83. The predicted octanol–water partition coefficient (Wildman–Crippen LogP) is 4.82. The fourth-order valence-corrected chi connectivity index (χ4v) is 10.4. The molecule has 8 aliphatic heterocycles. The number of hydrogen-bond donors (Lipinski definition) is 2. The zero-order chi connectivity index (χ0) is 40.4. The molecule has 8 atom stereocenters. The van der Waals surface area contributed by atoms with Crippen molar-refractivity contribution in [3.63, 3.8) is 0 Å². The van der Waals surface area contributed by atoms with Crippen molar-refractivity contribution in [1.29, 1.82) is 0 Å². The second-order valence-electron chi connectivity index (χ2n) is 20.2. The van der Waals surface area contributed by atoms with E-state index in [0.29, 0.717) is 23.9 Å². The van der Waals surface area contributed by atoms with Crippen LogP contribution in [0.2, 0.25) is 0 Å². The number of likely N-dealkylation sites (N-methyl/N-ethyl adjacent to an activating group) is 3. The number of carbonyl (C=O) groups is 2. The molecule has 0 aliphatic carbocycles. The van der Waals surface area contributed by atoms with Crippen LogP contribution in [0.3, 0.4) is 0 Å². The molecule has 8 fully saturated rings. The summed E-state index contributed by atoms with van der Waals surface area (Å²) in [4.78, 5) is 37.5. The van der Waals surface area contributed by atoms with Crippen LogP contribution in [0.25, 0.3) is 0 Å². The van der Waals surface area contributed by atoms with Crippen molar-refractivity contribution in [3.8, 4) is 0 Å². The summed E-state index contributed by atoms with van der Waals surface area (Å²) < 4.78 is 10.8. The number of nitrogens with one attached hydrogen (secondary N) is 2. The quantitative estimate of drug-likeness (QED) is 0.414. The highest BCUT2D eigenvalue weighted by molar-refractivity contribution is 5.69. The molecule has 0 radical (unpaired) electrons. The normalized spacial score (nSPS) is 32.4. The average Bonchev–Trinajstić information content (AvgIpc) is 3.93. The third-order valence-electron chi connectivity index (χ3n) is 13.1. The van der Waals surface area contributed by atoms with Gasteiger partial charge >= 0.3 is 12.2 Å². The highest BCUT2D eigenvalue weighted by atomic mass is 16.6. The molecule has 0 spiro atoms.